The maximum atomic E-state index is 12.6. The Morgan fingerprint density at radius 2 is 0.733 bits per heavy atom. The Balaban J connectivity index is 3.71. The maximum absolute atomic E-state index is 12.6. The first-order chi connectivity index (χ1) is 29.5. The Morgan fingerprint density at radius 3 is 1.10 bits per heavy atom. The summed E-state index contributed by atoms with van der Waals surface area (Å²) in [5.41, 5.74) is 0. The summed E-state index contributed by atoms with van der Waals surface area (Å²) in [5, 5.41) is 43.9. The van der Waals surface area contributed by atoms with Crippen LogP contribution in [0.2, 0.25) is 0 Å². The van der Waals surface area contributed by atoms with Gasteiger partial charge in [-0.2, -0.15) is 0 Å². The van der Waals surface area contributed by atoms with Gasteiger partial charge in [0, 0.05) is 0 Å². The third kappa shape index (κ3) is 41.9. The molecule has 5 N–H and O–H groups in total. The van der Waals surface area contributed by atoms with Crippen LogP contribution in [0.15, 0.2) is 36.5 Å². The summed E-state index contributed by atoms with van der Waals surface area (Å²) in [6.07, 6.45) is 59.1. The minimum atomic E-state index is -1.28. The Labute approximate surface area is 373 Å². The van der Waals surface area contributed by atoms with Crippen LogP contribution >= 0.6 is 0 Å². The average molecular weight is 846 g/mol. The highest BCUT2D eigenvalue weighted by molar-refractivity contribution is 5.80. The second kappa shape index (κ2) is 48.6. The maximum Gasteiger partial charge on any atom is 0.249 e. The first kappa shape index (κ1) is 58.5. The largest absolute Gasteiger partial charge is 0.394 e. The third-order valence-corrected chi connectivity index (χ3v) is 12.3. The molecule has 0 rings (SSSR count). The van der Waals surface area contributed by atoms with Crippen molar-refractivity contribution in [2.45, 2.75) is 295 Å². The molecule has 0 aromatic carbocycles. The summed E-state index contributed by atoms with van der Waals surface area (Å²) in [5.74, 6) is -0.596. The van der Waals surface area contributed by atoms with Gasteiger partial charge in [-0.1, -0.05) is 237 Å². The van der Waals surface area contributed by atoms with Crippen LogP contribution in [0.5, 0.6) is 0 Å². The highest BCUT2D eigenvalue weighted by atomic mass is 16.3. The molecule has 6 heteroatoms. The molecule has 0 aliphatic rings. The van der Waals surface area contributed by atoms with Crippen LogP contribution in [0.4, 0.5) is 0 Å². The van der Waals surface area contributed by atoms with Crippen LogP contribution in [-0.4, -0.2) is 57.3 Å². The lowest BCUT2D eigenvalue weighted by molar-refractivity contribution is -0.132. The van der Waals surface area contributed by atoms with Crippen molar-refractivity contribution in [3.63, 3.8) is 0 Å². The van der Waals surface area contributed by atoms with Gasteiger partial charge in [-0.3, -0.25) is 4.79 Å². The van der Waals surface area contributed by atoms with Crippen LogP contribution < -0.4 is 5.32 Å². The molecule has 0 radical (unpaired) electrons. The first-order valence-corrected chi connectivity index (χ1v) is 26.4. The Hall–Kier alpha value is -1.47. The second-order valence-corrected chi connectivity index (χ2v) is 18.2. The molecule has 0 spiro atoms. The zero-order valence-corrected chi connectivity index (χ0v) is 40.0. The predicted molar refractivity (Wildman–Crippen MR) is 260 cm³/mol. The van der Waals surface area contributed by atoms with Crippen LogP contribution in [0, 0.1) is 0 Å². The van der Waals surface area contributed by atoms with Crippen LogP contribution in [-0.2, 0) is 4.79 Å². The zero-order chi connectivity index (χ0) is 43.8. The molecule has 354 valence electrons. The van der Waals surface area contributed by atoms with Gasteiger partial charge in [-0.25, -0.2) is 0 Å². The lowest BCUT2D eigenvalue weighted by Gasteiger charge is -2.27. The van der Waals surface area contributed by atoms with Crippen molar-refractivity contribution >= 4 is 5.91 Å². The zero-order valence-electron chi connectivity index (χ0n) is 40.0. The smallest absolute Gasteiger partial charge is 0.249 e. The summed E-state index contributed by atoms with van der Waals surface area (Å²) < 4.78 is 0. The summed E-state index contributed by atoms with van der Waals surface area (Å²) in [6, 6.07) is -1.01. The fourth-order valence-electron chi connectivity index (χ4n) is 8.14. The molecule has 6 nitrogen and oxygen atoms in total. The molecule has 60 heavy (non-hydrogen) atoms. The van der Waals surface area contributed by atoms with Gasteiger partial charge < -0.3 is 25.7 Å². The Morgan fingerprint density at radius 1 is 0.417 bits per heavy atom. The molecule has 0 saturated carbocycles. The molecule has 0 heterocycles. The van der Waals surface area contributed by atoms with E-state index >= 15 is 0 Å². The molecule has 0 aromatic rings. The molecule has 0 aliphatic carbocycles. The number of hydrogen-bond acceptors (Lipinski definition) is 5. The molecule has 4 atom stereocenters. The van der Waals surface area contributed by atoms with E-state index in [1.807, 2.05) is 0 Å². The summed E-state index contributed by atoms with van der Waals surface area (Å²) >= 11 is 0. The van der Waals surface area contributed by atoms with Gasteiger partial charge in [0.2, 0.25) is 5.91 Å². The molecule has 1 amide bonds. The van der Waals surface area contributed by atoms with E-state index in [0.717, 1.165) is 51.4 Å². The number of aliphatic hydroxyl groups excluding tert-OH is 4. The molecule has 4 unspecified atom stereocenters. The van der Waals surface area contributed by atoms with E-state index in [-0.39, 0.29) is 0 Å². The number of nitrogens with one attached hydrogen (secondary N) is 1. The topological polar surface area (TPSA) is 110 Å². The van der Waals surface area contributed by atoms with Crippen LogP contribution in [0.3, 0.4) is 0 Å². The van der Waals surface area contributed by atoms with Crippen molar-refractivity contribution in [1.82, 2.24) is 5.32 Å². The summed E-state index contributed by atoms with van der Waals surface area (Å²) in [6.45, 7) is 4.06. The van der Waals surface area contributed by atoms with Gasteiger partial charge in [0.05, 0.1) is 18.8 Å². The van der Waals surface area contributed by atoms with Crippen molar-refractivity contribution in [2.24, 2.45) is 0 Å². The highest BCUT2D eigenvalue weighted by Gasteiger charge is 2.28. The predicted octanol–water partition coefficient (Wildman–Crippen LogP) is 14.9. The lowest BCUT2D eigenvalue weighted by Crippen LogP contribution is -2.53. The third-order valence-electron chi connectivity index (χ3n) is 12.3. The lowest BCUT2D eigenvalue weighted by atomic mass is 10.00. The number of aliphatic hydroxyl groups is 4. The number of unbranched alkanes of at least 4 members (excludes halogenated alkanes) is 33. The van der Waals surface area contributed by atoms with Gasteiger partial charge in [0.15, 0.2) is 0 Å². The monoisotopic (exact) mass is 846 g/mol. The number of amides is 1. The van der Waals surface area contributed by atoms with Crippen molar-refractivity contribution in [3.05, 3.63) is 36.5 Å². The molecule has 0 saturated heterocycles. The highest BCUT2D eigenvalue weighted by Crippen LogP contribution is 2.16. The SMILES string of the molecule is CCCCCCCCCCC/C=C\C/C=C\CCCCCCCCCCC(O)C(=O)NC(CO)C(O)C(O)CCC/C=C/CCCCCCCCCCCCCCCCC. The van der Waals surface area contributed by atoms with E-state index in [1.54, 1.807) is 0 Å². The minimum absolute atomic E-state index is 0.356. The van der Waals surface area contributed by atoms with E-state index in [4.69, 9.17) is 0 Å². The van der Waals surface area contributed by atoms with Gasteiger partial charge >= 0.3 is 0 Å². The van der Waals surface area contributed by atoms with Gasteiger partial charge in [-0.05, 0) is 70.6 Å². The summed E-state index contributed by atoms with van der Waals surface area (Å²) in [7, 11) is 0. The fraction of sp³-hybridized carbons (Fsp3) is 0.870. The molecular formula is C54H103NO5. The van der Waals surface area contributed by atoms with Gasteiger partial charge in [0.25, 0.3) is 0 Å². The van der Waals surface area contributed by atoms with E-state index < -0.39 is 36.9 Å². The quantitative estimate of drug-likeness (QED) is 0.0309. The molecule has 0 aromatic heterocycles. The van der Waals surface area contributed by atoms with E-state index in [9.17, 15) is 25.2 Å². The molecule has 0 fully saturated rings. The first-order valence-electron chi connectivity index (χ1n) is 26.4. The van der Waals surface area contributed by atoms with Gasteiger partial charge in [-0.15, -0.1) is 0 Å². The van der Waals surface area contributed by atoms with Crippen LogP contribution in [0.25, 0.3) is 0 Å². The second-order valence-electron chi connectivity index (χ2n) is 18.2. The number of carbonyl (C=O) groups excluding carboxylic acids is 1. The minimum Gasteiger partial charge on any atom is -0.394 e. The van der Waals surface area contributed by atoms with Crippen molar-refractivity contribution < 1.29 is 25.2 Å². The number of allylic oxidation sites excluding steroid dienone is 6. The Bertz CT molecular complexity index is 950. The van der Waals surface area contributed by atoms with Crippen LogP contribution in [0.1, 0.15) is 271 Å². The number of carbonyl (C=O) groups is 1. The number of rotatable bonds is 48. The fourth-order valence-corrected chi connectivity index (χ4v) is 8.14. The normalized spacial score (nSPS) is 14.2. The molecular weight excluding hydrogens is 743 g/mol. The van der Waals surface area contributed by atoms with Crippen molar-refractivity contribution in [3.8, 4) is 0 Å². The van der Waals surface area contributed by atoms with Gasteiger partial charge in [0.1, 0.15) is 12.2 Å². The molecule has 0 aliphatic heterocycles. The average Bonchev–Trinajstić information content (AvgIpc) is 3.25. The van der Waals surface area contributed by atoms with Crippen molar-refractivity contribution in [2.75, 3.05) is 6.61 Å². The van der Waals surface area contributed by atoms with E-state index in [0.29, 0.717) is 12.8 Å². The van der Waals surface area contributed by atoms with E-state index in [2.05, 4.69) is 55.6 Å². The standard InChI is InChI=1S/C54H103NO5/c1-3-5-7-9-11-13-15-17-19-21-23-25-26-27-28-30-32-34-36-38-40-42-44-46-48-52(58)54(60)55-50(49-56)53(59)51(57)47-45-43-41-39-37-35-33-31-29-24-22-20-18-16-14-12-10-8-6-4-2/h23,25,27-28,39,41,50-53,56-59H,3-22,24,26,29-38,40,42-49H2,1-2H3,(H,55,60)/b25-23-,28-27-,41-39+. The summed E-state index contributed by atoms with van der Waals surface area (Å²) in [4.78, 5) is 12.6. The Kier molecular flexibility index (Phi) is 47.4. The number of hydrogen-bond donors (Lipinski definition) is 5. The van der Waals surface area contributed by atoms with Crippen molar-refractivity contribution in [1.29, 1.82) is 0 Å². The molecule has 0 bridgehead atoms. The van der Waals surface area contributed by atoms with E-state index in [1.165, 1.54) is 193 Å².